The molecule has 0 aliphatic carbocycles. The van der Waals surface area contributed by atoms with Gasteiger partial charge in [-0.2, -0.15) is 0 Å². The molecule has 2 amide bonds. The van der Waals surface area contributed by atoms with Crippen molar-refractivity contribution in [1.29, 1.82) is 0 Å². The highest BCUT2D eigenvalue weighted by Crippen LogP contribution is 2.16. The van der Waals surface area contributed by atoms with Crippen molar-refractivity contribution < 1.29 is 9.59 Å². The zero-order chi connectivity index (χ0) is 16.1. The summed E-state index contributed by atoms with van der Waals surface area (Å²) in [5.74, 6) is -1.30. The molecule has 0 unspecified atom stereocenters. The van der Waals surface area contributed by atoms with Crippen molar-refractivity contribution in [2.45, 2.75) is 26.8 Å². The Labute approximate surface area is 130 Å². The fraction of sp³-hybridized carbons (Fsp3) is 0.222. The van der Waals surface area contributed by atoms with E-state index in [2.05, 4.69) is 10.6 Å². The smallest absolute Gasteiger partial charge is 0.313 e. The maximum Gasteiger partial charge on any atom is 0.313 e. The quantitative estimate of drug-likeness (QED) is 0.855. The second kappa shape index (κ2) is 6.89. The highest BCUT2D eigenvalue weighted by atomic mass is 16.2. The number of carbonyl (C=O) groups excluding carboxylic acids is 2. The van der Waals surface area contributed by atoms with Gasteiger partial charge in [0.25, 0.3) is 0 Å². The van der Waals surface area contributed by atoms with Gasteiger partial charge in [0.2, 0.25) is 0 Å². The van der Waals surface area contributed by atoms with Gasteiger partial charge < -0.3 is 10.6 Å². The number of nitrogens with one attached hydrogen (secondary N) is 2. The highest BCUT2D eigenvalue weighted by molar-refractivity contribution is 6.39. The third-order valence-electron chi connectivity index (χ3n) is 3.48. The van der Waals surface area contributed by atoms with E-state index in [-0.39, 0.29) is 6.04 Å². The maximum absolute atomic E-state index is 12.0. The first-order valence-electron chi connectivity index (χ1n) is 7.21. The number of rotatable bonds is 3. The van der Waals surface area contributed by atoms with E-state index >= 15 is 0 Å². The van der Waals surface area contributed by atoms with Crippen LogP contribution >= 0.6 is 0 Å². The van der Waals surface area contributed by atoms with Crippen LogP contribution in [0.15, 0.2) is 48.5 Å². The minimum atomic E-state index is -0.658. The molecule has 0 radical (unpaired) electrons. The summed E-state index contributed by atoms with van der Waals surface area (Å²) >= 11 is 0. The van der Waals surface area contributed by atoms with Gasteiger partial charge >= 0.3 is 11.8 Å². The molecular weight excluding hydrogens is 276 g/mol. The molecule has 0 aliphatic rings. The predicted octanol–water partition coefficient (Wildman–Crippen LogP) is 3.12. The van der Waals surface area contributed by atoms with Gasteiger partial charge in [0.15, 0.2) is 0 Å². The van der Waals surface area contributed by atoms with Crippen molar-refractivity contribution >= 4 is 17.5 Å². The van der Waals surface area contributed by atoms with Crippen LogP contribution in [0.5, 0.6) is 0 Å². The van der Waals surface area contributed by atoms with Gasteiger partial charge in [-0.3, -0.25) is 9.59 Å². The third-order valence-corrected chi connectivity index (χ3v) is 3.48. The lowest BCUT2D eigenvalue weighted by Crippen LogP contribution is -2.37. The van der Waals surface area contributed by atoms with E-state index < -0.39 is 11.8 Å². The summed E-state index contributed by atoms with van der Waals surface area (Å²) in [5, 5.41) is 5.34. The van der Waals surface area contributed by atoms with Gasteiger partial charge in [-0.25, -0.2) is 0 Å². The second-order valence-electron chi connectivity index (χ2n) is 5.38. The summed E-state index contributed by atoms with van der Waals surface area (Å²) in [4.78, 5) is 24.0. The SMILES string of the molecule is Cc1ccc(NC(=O)C(=O)N[C@H](C)c2ccccc2)c(C)c1. The molecule has 2 aromatic carbocycles. The first kappa shape index (κ1) is 15.8. The van der Waals surface area contributed by atoms with E-state index in [1.54, 1.807) is 6.07 Å². The van der Waals surface area contributed by atoms with Crippen molar-refractivity contribution in [3.05, 3.63) is 65.2 Å². The zero-order valence-electron chi connectivity index (χ0n) is 13.0. The van der Waals surface area contributed by atoms with E-state index in [0.717, 1.165) is 16.7 Å². The summed E-state index contributed by atoms with van der Waals surface area (Å²) in [7, 11) is 0. The Morgan fingerprint density at radius 1 is 0.955 bits per heavy atom. The largest absolute Gasteiger partial charge is 0.341 e. The van der Waals surface area contributed by atoms with Crippen molar-refractivity contribution in [2.24, 2.45) is 0 Å². The van der Waals surface area contributed by atoms with E-state index in [1.807, 2.05) is 63.2 Å². The molecule has 0 heterocycles. The van der Waals surface area contributed by atoms with E-state index in [1.165, 1.54) is 0 Å². The van der Waals surface area contributed by atoms with Crippen molar-refractivity contribution in [1.82, 2.24) is 5.32 Å². The summed E-state index contributed by atoms with van der Waals surface area (Å²) in [5.41, 5.74) is 3.64. The number of aryl methyl sites for hydroxylation is 2. The highest BCUT2D eigenvalue weighted by Gasteiger charge is 2.17. The number of hydrogen-bond donors (Lipinski definition) is 2. The summed E-state index contributed by atoms with van der Waals surface area (Å²) in [6.07, 6.45) is 0. The minimum absolute atomic E-state index is 0.224. The second-order valence-corrected chi connectivity index (χ2v) is 5.38. The van der Waals surface area contributed by atoms with Gasteiger partial charge in [-0.15, -0.1) is 0 Å². The lowest BCUT2D eigenvalue weighted by molar-refractivity contribution is -0.136. The molecule has 0 aliphatic heterocycles. The van der Waals surface area contributed by atoms with Crippen molar-refractivity contribution in [3.63, 3.8) is 0 Å². The topological polar surface area (TPSA) is 58.2 Å². The van der Waals surface area contributed by atoms with Crippen LogP contribution in [0.4, 0.5) is 5.69 Å². The Balaban J connectivity index is 1.99. The lowest BCUT2D eigenvalue weighted by Gasteiger charge is -2.14. The molecule has 2 rings (SSSR count). The summed E-state index contributed by atoms with van der Waals surface area (Å²) < 4.78 is 0. The minimum Gasteiger partial charge on any atom is -0.341 e. The average molecular weight is 296 g/mol. The molecule has 2 N–H and O–H groups in total. The van der Waals surface area contributed by atoms with E-state index in [9.17, 15) is 9.59 Å². The number of anilines is 1. The Hall–Kier alpha value is -2.62. The fourth-order valence-electron chi connectivity index (χ4n) is 2.22. The van der Waals surface area contributed by atoms with Crippen LogP contribution < -0.4 is 10.6 Å². The molecule has 114 valence electrons. The number of carbonyl (C=O) groups is 2. The maximum atomic E-state index is 12.0. The molecule has 4 nitrogen and oxygen atoms in total. The molecule has 0 fully saturated rings. The van der Waals surface area contributed by atoms with Crippen LogP contribution in [-0.2, 0) is 9.59 Å². The number of amides is 2. The van der Waals surface area contributed by atoms with Crippen LogP contribution in [-0.4, -0.2) is 11.8 Å². The molecule has 1 atom stereocenters. The molecule has 0 saturated heterocycles. The Kier molecular flexibility index (Phi) is 4.94. The molecular formula is C18H20N2O2. The normalized spacial score (nSPS) is 11.6. The van der Waals surface area contributed by atoms with Crippen LogP contribution in [0.2, 0.25) is 0 Å². The van der Waals surface area contributed by atoms with Gasteiger partial charge in [0.1, 0.15) is 0 Å². The Morgan fingerprint density at radius 3 is 2.27 bits per heavy atom. The van der Waals surface area contributed by atoms with Crippen LogP contribution in [0.25, 0.3) is 0 Å². The van der Waals surface area contributed by atoms with Gasteiger partial charge in [0, 0.05) is 5.69 Å². The number of hydrogen-bond acceptors (Lipinski definition) is 2. The van der Waals surface area contributed by atoms with Crippen LogP contribution in [0.1, 0.15) is 29.7 Å². The Bertz CT molecular complexity index is 681. The van der Waals surface area contributed by atoms with Crippen molar-refractivity contribution in [3.8, 4) is 0 Å². The lowest BCUT2D eigenvalue weighted by atomic mass is 10.1. The van der Waals surface area contributed by atoms with Gasteiger partial charge in [0.05, 0.1) is 6.04 Å². The fourth-order valence-corrected chi connectivity index (χ4v) is 2.22. The predicted molar refractivity (Wildman–Crippen MR) is 87.5 cm³/mol. The summed E-state index contributed by atoms with van der Waals surface area (Å²) in [6, 6.07) is 15.0. The van der Waals surface area contributed by atoms with E-state index in [0.29, 0.717) is 5.69 Å². The molecule has 2 aromatic rings. The Morgan fingerprint density at radius 2 is 1.64 bits per heavy atom. The molecule has 0 bridgehead atoms. The molecule has 0 saturated carbocycles. The van der Waals surface area contributed by atoms with Crippen LogP contribution in [0, 0.1) is 13.8 Å². The van der Waals surface area contributed by atoms with Gasteiger partial charge in [-0.05, 0) is 38.0 Å². The van der Waals surface area contributed by atoms with Crippen molar-refractivity contribution in [2.75, 3.05) is 5.32 Å². The first-order chi connectivity index (χ1) is 10.5. The zero-order valence-corrected chi connectivity index (χ0v) is 13.0. The molecule has 22 heavy (non-hydrogen) atoms. The molecule has 0 aromatic heterocycles. The average Bonchev–Trinajstić information content (AvgIpc) is 2.50. The summed E-state index contributed by atoms with van der Waals surface area (Å²) in [6.45, 7) is 5.72. The molecule has 0 spiro atoms. The monoisotopic (exact) mass is 296 g/mol. The first-order valence-corrected chi connectivity index (χ1v) is 7.21. The standard InChI is InChI=1S/C18H20N2O2/c1-12-9-10-16(13(2)11-12)20-18(22)17(21)19-14(3)15-7-5-4-6-8-15/h4-11,14H,1-3H3,(H,19,21)(H,20,22)/t14-/m1/s1. The van der Waals surface area contributed by atoms with Gasteiger partial charge in [-0.1, -0.05) is 48.0 Å². The van der Waals surface area contributed by atoms with Crippen LogP contribution in [0.3, 0.4) is 0 Å². The van der Waals surface area contributed by atoms with E-state index in [4.69, 9.17) is 0 Å². The molecule has 4 heteroatoms. The third kappa shape index (κ3) is 3.95. The number of benzene rings is 2.